The normalized spacial score (nSPS) is 11.6. The number of nitrogens with two attached hydrogens (primary N) is 1. The van der Waals surface area contributed by atoms with Gasteiger partial charge in [-0.1, -0.05) is 17.7 Å². The number of alkyl halides is 3. The van der Waals surface area contributed by atoms with Crippen LogP contribution in [0.2, 0.25) is 5.02 Å². The van der Waals surface area contributed by atoms with Crippen LogP contribution < -0.4 is 10.5 Å². The van der Waals surface area contributed by atoms with Crippen molar-refractivity contribution < 1.29 is 22.6 Å². The Labute approximate surface area is 101 Å². The Bertz CT molecular complexity index is 371. The van der Waals surface area contributed by atoms with E-state index in [0.717, 1.165) is 0 Å². The molecule has 0 saturated carbocycles. The zero-order valence-corrected chi connectivity index (χ0v) is 9.52. The average Bonchev–Trinajstić information content (AvgIpc) is 2.23. The molecule has 0 aliphatic rings. The molecule has 0 saturated heterocycles. The summed E-state index contributed by atoms with van der Waals surface area (Å²) >= 11 is 5.73. The minimum absolute atomic E-state index is 0.215. The summed E-state index contributed by atoms with van der Waals surface area (Å²) in [5.41, 5.74) is 6.11. The summed E-state index contributed by atoms with van der Waals surface area (Å²) < 4.78 is 43.7. The zero-order valence-electron chi connectivity index (χ0n) is 8.76. The second-order valence-electron chi connectivity index (χ2n) is 3.10. The maximum absolute atomic E-state index is 11.7. The maximum atomic E-state index is 11.7. The van der Waals surface area contributed by atoms with Crippen molar-refractivity contribution in [3.63, 3.8) is 0 Å². The van der Waals surface area contributed by atoms with Crippen LogP contribution in [0.4, 0.5) is 13.2 Å². The van der Waals surface area contributed by atoms with E-state index in [1.165, 1.54) is 6.07 Å². The summed E-state index contributed by atoms with van der Waals surface area (Å²) in [6.45, 7) is -0.598. The van der Waals surface area contributed by atoms with Gasteiger partial charge in [-0.3, -0.25) is 4.74 Å². The molecule has 0 heterocycles. The minimum atomic E-state index is -4.64. The number of ether oxygens (including phenoxy) is 2. The largest absolute Gasteiger partial charge is 0.522 e. The quantitative estimate of drug-likeness (QED) is 0.836. The van der Waals surface area contributed by atoms with Gasteiger partial charge in [0.1, 0.15) is 12.4 Å². The molecule has 2 N–H and O–H groups in total. The molecule has 96 valence electrons. The third kappa shape index (κ3) is 5.25. The van der Waals surface area contributed by atoms with Gasteiger partial charge in [0.2, 0.25) is 0 Å². The Hall–Kier alpha value is -0.980. The molecule has 0 spiro atoms. The van der Waals surface area contributed by atoms with Gasteiger partial charge in [0.25, 0.3) is 0 Å². The lowest BCUT2D eigenvalue weighted by Crippen LogP contribution is -2.18. The van der Waals surface area contributed by atoms with Gasteiger partial charge in [-0.05, 0) is 12.1 Å². The molecule has 0 fully saturated rings. The van der Waals surface area contributed by atoms with E-state index in [1.807, 2.05) is 0 Å². The van der Waals surface area contributed by atoms with E-state index in [9.17, 15) is 13.2 Å². The third-order valence-electron chi connectivity index (χ3n) is 1.86. The molecule has 7 heteroatoms. The lowest BCUT2D eigenvalue weighted by molar-refractivity contribution is -0.325. The monoisotopic (exact) mass is 269 g/mol. The SMILES string of the molecule is NCc1ccc(Cl)cc1OCCOC(F)(F)F. The van der Waals surface area contributed by atoms with Crippen molar-refractivity contribution in [3.8, 4) is 5.75 Å². The Morgan fingerprint density at radius 1 is 1.24 bits per heavy atom. The first kappa shape index (κ1) is 14.1. The van der Waals surface area contributed by atoms with Gasteiger partial charge in [-0.15, -0.1) is 13.2 Å². The van der Waals surface area contributed by atoms with Crippen LogP contribution in [0.25, 0.3) is 0 Å². The van der Waals surface area contributed by atoms with Crippen molar-refractivity contribution >= 4 is 11.6 Å². The third-order valence-corrected chi connectivity index (χ3v) is 2.09. The fourth-order valence-corrected chi connectivity index (χ4v) is 1.30. The molecule has 0 amide bonds. The molecule has 0 atom stereocenters. The van der Waals surface area contributed by atoms with Crippen LogP contribution in [0.15, 0.2) is 18.2 Å². The average molecular weight is 270 g/mol. The van der Waals surface area contributed by atoms with Crippen molar-refractivity contribution in [3.05, 3.63) is 28.8 Å². The minimum Gasteiger partial charge on any atom is -0.491 e. The predicted molar refractivity (Wildman–Crippen MR) is 56.8 cm³/mol. The van der Waals surface area contributed by atoms with Crippen LogP contribution in [0.5, 0.6) is 5.75 Å². The van der Waals surface area contributed by atoms with Gasteiger partial charge < -0.3 is 10.5 Å². The van der Waals surface area contributed by atoms with Crippen LogP contribution in [0.3, 0.4) is 0 Å². The molecule has 0 radical (unpaired) electrons. The van der Waals surface area contributed by atoms with Crippen molar-refractivity contribution in [2.75, 3.05) is 13.2 Å². The van der Waals surface area contributed by atoms with Gasteiger partial charge in [0, 0.05) is 17.1 Å². The van der Waals surface area contributed by atoms with Gasteiger partial charge in [0.15, 0.2) is 0 Å². The van der Waals surface area contributed by atoms with Gasteiger partial charge in [-0.25, -0.2) is 0 Å². The molecule has 0 aliphatic heterocycles. The molecule has 1 aromatic carbocycles. The second-order valence-corrected chi connectivity index (χ2v) is 3.54. The number of halogens is 4. The van der Waals surface area contributed by atoms with E-state index >= 15 is 0 Å². The highest BCUT2D eigenvalue weighted by molar-refractivity contribution is 6.30. The summed E-state index contributed by atoms with van der Waals surface area (Å²) in [5.74, 6) is 0.366. The molecule has 0 unspecified atom stereocenters. The molecule has 17 heavy (non-hydrogen) atoms. The lowest BCUT2D eigenvalue weighted by atomic mass is 10.2. The smallest absolute Gasteiger partial charge is 0.491 e. The first-order valence-corrected chi connectivity index (χ1v) is 5.12. The summed E-state index contributed by atoms with van der Waals surface area (Å²) in [7, 11) is 0. The van der Waals surface area contributed by atoms with Gasteiger partial charge >= 0.3 is 6.36 Å². The van der Waals surface area contributed by atoms with E-state index in [1.54, 1.807) is 12.1 Å². The molecule has 0 bridgehead atoms. The number of hydrogen-bond acceptors (Lipinski definition) is 3. The highest BCUT2D eigenvalue weighted by Crippen LogP contribution is 2.23. The lowest BCUT2D eigenvalue weighted by Gasteiger charge is -2.11. The topological polar surface area (TPSA) is 44.5 Å². The van der Waals surface area contributed by atoms with Crippen LogP contribution in [0, 0.1) is 0 Å². The molecule has 3 nitrogen and oxygen atoms in total. The van der Waals surface area contributed by atoms with E-state index in [0.29, 0.717) is 16.3 Å². The van der Waals surface area contributed by atoms with E-state index in [4.69, 9.17) is 22.1 Å². The zero-order chi connectivity index (χ0) is 12.9. The van der Waals surface area contributed by atoms with Crippen LogP contribution in [0.1, 0.15) is 5.56 Å². The Morgan fingerprint density at radius 2 is 1.94 bits per heavy atom. The highest BCUT2D eigenvalue weighted by atomic mass is 35.5. The van der Waals surface area contributed by atoms with Crippen molar-refractivity contribution in [1.29, 1.82) is 0 Å². The number of rotatable bonds is 5. The molecule has 1 aromatic rings. The van der Waals surface area contributed by atoms with E-state index in [-0.39, 0.29) is 13.2 Å². The van der Waals surface area contributed by atoms with Gasteiger partial charge in [0.05, 0.1) is 6.61 Å². The Kier molecular flexibility index (Phi) is 5.04. The number of hydrogen-bond donors (Lipinski definition) is 1. The second kappa shape index (κ2) is 6.09. The number of benzene rings is 1. The standard InChI is InChI=1S/C10H11ClF3NO2/c11-8-2-1-7(6-15)9(5-8)16-3-4-17-10(12,13)14/h1-2,5H,3-4,6,15H2. The first-order chi connectivity index (χ1) is 7.92. The molecule has 0 aliphatic carbocycles. The fraction of sp³-hybridized carbons (Fsp3) is 0.400. The predicted octanol–water partition coefficient (Wildman–Crippen LogP) is 2.71. The van der Waals surface area contributed by atoms with Gasteiger partial charge in [-0.2, -0.15) is 0 Å². The summed E-state index contributed by atoms with van der Waals surface area (Å²) in [4.78, 5) is 0. The first-order valence-electron chi connectivity index (χ1n) is 4.74. The Balaban J connectivity index is 2.48. The van der Waals surface area contributed by atoms with Crippen molar-refractivity contribution in [1.82, 2.24) is 0 Å². The van der Waals surface area contributed by atoms with Crippen LogP contribution >= 0.6 is 11.6 Å². The molecular formula is C10H11ClF3NO2. The molecule has 0 aromatic heterocycles. The van der Waals surface area contributed by atoms with E-state index < -0.39 is 13.0 Å². The molecule has 1 rings (SSSR count). The Morgan fingerprint density at radius 3 is 2.53 bits per heavy atom. The van der Waals surface area contributed by atoms with Crippen molar-refractivity contribution in [2.45, 2.75) is 12.9 Å². The van der Waals surface area contributed by atoms with Crippen LogP contribution in [-0.4, -0.2) is 19.6 Å². The van der Waals surface area contributed by atoms with Crippen molar-refractivity contribution in [2.24, 2.45) is 5.73 Å². The summed E-state index contributed by atoms with van der Waals surface area (Å²) in [6, 6.07) is 4.78. The maximum Gasteiger partial charge on any atom is 0.522 e. The van der Waals surface area contributed by atoms with E-state index in [2.05, 4.69) is 4.74 Å². The van der Waals surface area contributed by atoms with Crippen LogP contribution in [-0.2, 0) is 11.3 Å². The summed E-state index contributed by atoms with van der Waals surface area (Å²) in [5, 5.41) is 0.425. The summed E-state index contributed by atoms with van der Waals surface area (Å²) in [6.07, 6.45) is -4.64. The molecular weight excluding hydrogens is 259 g/mol. The fourth-order valence-electron chi connectivity index (χ4n) is 1.14. The highest BCUT2D eigenvalue weighted by Gasteiger charge is 2.28.